The Bertz CT molecular complexity index is 391. The lowest BCUT2D eigenvalue weighted by Gasteiger charge is -2.43. The molecule has 1 N–H and O–H groups in total. The summed E-state index contributed by atoms with van der Waals surface area (Å²) in [4.78, 5) is 0. The molecule has 3 heteroatoms. The Kier molecular flexibility index (Phi) is 5.44. The number of hydrogen-bond acceptors (Lipinski definition) is 3. The summed E-state index contributed by atoms with van der Waals surface area (Å²) < 4.78 is 11.7. The molecule has 0 amide bonds. The zero-order chi connectivity index (χ0) is 14.4. The zero-order valence-electron chi connectivity index (χ0n) is 12.9. The summed E-state index contributed by atoms with van der Waals surface area (Å²) in [6.45, 7) is 5.90. The van der Waals surface area contributed by atoms with Crippen molar-refractivity contribution in [2.45, 2.75) is 45.3 Å². The fraction of sp³-hybridized carbons (Fsp3) is 0.647. The molecule has 2 atom stereocenters. The maximum atomic E-state index is 6.06. The van der Waals surface area contributed by atoms with E-state index in [1.165, 1.54) is 12.8 Å². The molecule has 1 aliphatic rings. The van der Waals surface area contributed by atoms with Crippen LogP contribution in [0.5, 0.6) is 5.75 Å². The summed E-state index contributed by atoms with van der Waals surface area (Å²) in [6.07, 6.45) is 3.94. The summed E-state index contributed by atoms with van der Waals surface area (Å²) in [6, 6.07) is 10.3. The Labute approximate surface area is 122 Å². The van der Waals surface area contributed by atoms with Gasteiger partial charge in [0, 0.05) is 6.04 Å². The maximum absolute atomic E-state index is 6.06. The molecule has 0 spiro atoms. The van der Waals surface area contributed by atoms with Crippen molar-refractivity contribution in [1.29, 1.82) is 0 Å². The van der Waals surface area contributed by atoms with E-state index < -0.39 is 0 Å². The summed E-state index contributed by atoms with van der Waals surface area (Å²) in [5, 5.41) is 3.44. The standard InChI is InChI=1S/C17H27NO2/c1-17(2)11-7-10-15(16(17)18-3)20-13-12-19-14-8-5-4-6-9-14/h4-6,8-9,15-16,18H,7,10-13H2,1-3H3. The van der Waals surface area contributed by atoms with E-state index in [9.17, 15) is 0 Å². The summed E-state index contributed by atoms with van der Waals surface area (Å²) in [7, 11) is 2.04. The monoisotopic (exact) mass is 277 g/mol. The third-order valence-corrected chi connectivity index (χ3v) is 4.26. The minimum Gasteiger partial charge on any atom is -0.491 e. The van der Waals surface area contributed by atoms with Crippen LogP contribution < -0.4 is 10.1 Å². The molecule has 112 valence electrons. The average Bonchev–Trinajstić information content (AvgIpc) is 2.44. The van der Waals surface area contributed by atoms with Crippen LogP contribution in [-0.4, -0.2) is 32.4 Å². The lowest BCUT2D eigenvalue weighted by molar-refractivity contribution is -0.0428. The minimum absolute atomic E-state index is 0.295. The van der Waals surface area contributed by atoms with Crippen LogP contribution >= 0.6 is 0 Å². The maximum Gasteiger partial charge on any atom is 0.119 e. The highest BCUT2D eigenvalue weighted by Gasteiger charge is 2.38. The van der Waals surface area contributed by atoms with Gasteiger partial charge in [0.1, 0.15) is 12.4 Å². The fourth-order valence-electron chi connectivity index (χ4n) is 3.22. The summed E-state index contributed by atoms with van der Waals surface area (Å²) in [5.41, 5.74) is 0.304. The molecule has 1 saturated carbocycles. The molecule has 1 fully saturated rings. The van der Waals surface area contributed by atoms with E-state index in [4.69, 9.17) is 9.47 Å². The number of hydrogen-bond donors (Lipinski definition) is 1. The van der Waals surface area contributed by atoms with Gasteiger partial charge in [-0.15, -0.1) is 0 Å². The predicted octanol–water partition coefficient (Wildman–Crippen LogP) is 3.25. The highest BCUT2D eigenvalue weighted by atomic mass is 16.5. The lowest BCUT2D eigenvalue weighted by Crippen LogP contribution is -2.52. The average molecular weight is 277 g/mol. The Morgan fingerprint density at radius 1 is 1.20 bits per heavy atom. The summed E-state index contributed by atoms with van der Waals surface area (Å²) >= 11 is 0. The first-order valence-electron chi connectivity index (χ1n) is 7.60. The second-order valence-electron chi connectivity index (χ2n) is 6.22. The van der Waals surface area contributed by atoms with Gasteiger partial charge < -0.3 is 14.8 Å². The molecule has 20 heavy (non-hydrogen) atoms. The molecule has 2 rings (SSSR count). The van der Waals surface area contributed by atoms with Gasteiger partial charge in [-0.1, -0.05) is 38.5 Å². The first-order valence-corrected chi connectivity index (χ1v) is 7.60. The van der Waals surface area contributed by atoms with E-state index >= 15 is 0 Å². The number of para-hydroxylation sites is 1. The third-order valence-electron chi connectivity index (χ3n) is 4.26. The first-order chi connectivity index (χ1) is 9.63. The van der Waals surface area contributed by atoms with Gasteiger partial charge in [-0.3, -0.25) is 0 Å². The van der Waals surface area contributed by atoms with Gasteiger partial charge in [0.25, 0.3) is 0 Å². The SMILES string of the molecule is CNC1C(OCCOc2ccccc2)CCCC1(C)C. The van der Waals surface area contributed by atoms with Crippen molar-refractivity contribution < 1.29 is 9.47 Å². The van der Waals surface area contributed by atoms with Gasteiger partial charge in [0.15, 0.2) is 0 Å². The number of nitrogens with one attached hydrogen (secondary N) is 1. The Balaban J connectivity index is 1.75. The second-order valence-corrected chi connectivity index (χ2v) is 6.22. The quantitative estimate of drug-likeness (QED) is 0.810. The molecule has 0 aliphatic heterocycles. The first kappa shape index (κ1) is 15.3. The molecule has 0 saturated heterocycles. The van der Waals surface area contributed by atoms with E-state index in [0.717, 1.165) is 12.2 Å². The largest absolute Gasteiger partial charge is 0.491 e. The van der Waals surface area contributed by atoms with Gasteiger partial charge in [-0.2, -0.15) is 0 Å². The van der Waals surface area contributed by atoms with Gasteiger partial charge >= 0.3 is 0 Å². The minimum atomic E-state index is 0.295. The molecule has 1 aromatic carbocycles. The van der Waals surface area contributed by atoms with Crippen molar-refractivity contribution in [2.24, 2.45) is 5.41 Å². The molecular formula is C17H27NO2. The van der Waals surface area contributed by atoms with Crippen molar-refractivity contribution >= 4 is 0 Å². The van der Waals surface area contributed by atoms with Crippen molar-refractivity contribution in [1.82, 2.24) is 5.32 Å². The van der Waals surface area contributed by atoms with Crippen LogP contribution in [0.25, 0.3) is 0 Å². The molecule has 2 unspecified atom stereocenters. The molecule has 0 heterocycles. The Hall–Kier alpha value is -1.06. The number of likely N-dealkylation sites (N-methyl/N-ethyl adjacent to an activating group) is 1. The van der Waals surface area contributed by atoms with Gasteiger partial charge in [0.2, 0.25) is 0 Å². The molecule has 3 nitrogen and oxygen atoms in total. The van der Waals surface area contributed by atoms with Crippen molar-refractivity contribution in [2.75, 3.05) is 20.3 Å². The number of ether oxygens (including phenoxy) is 2. The van der Waals surface area contributed by atoms with Crippen LogP contribution in [0.1, 0.15) is 33.1 Å². The Morgan fingerprint density at radius 2 is 1.95 bits per heavy atom. The molecule has 0 radical (unpaired) electrons. The molecular weight excluding hydrogens is 250 g/mol. The molecule has 1 aliphatic carbocycles. The highest BCUT2D eigenvalue weighted by Crippen LogP contribution is 2.36. The van der Waals surface area contributed by atoms with Gasteiger partial charge in [-0.05, 0) is 37.4 Å². The fourth-order valence-corrected chi connectivity index (χ4v) is 3.22. The van der Waals surface area contributed by atoms with Gasteiger partial charge in [0.05, 0.1) is 12.7 Å². The van der Waals surface area contributed by atoms with Crippen LogP contribution in [0.4, 0.5) is 0 Å². The topological polar surface area (TPSA) is 30.5 Å². The van der Waals surface area contributed by atoms with E-state index in [2.05, 4.69) is 19.2 Å². The third kappa shape index (κ3) is 3.97. The van der Waals surface area contributed by atoms with Crippen LogP contribution in [-0.2, 0) is 4.74 Å². The highest BCUT2D eigenvalue weighted by molar-refractivity contribution is 5.20. The van der Waals surface area contributed by atoms with Crippen LogP contribution in [0.2, 0.25) is 0 Å². The van der Waals surface area contributed by atoms with E-state index in [0.29, 0.717) is 30.8 Å². The number of rotatable bonds is 6. The predicted molar refractivity (Wildman–Crippen MR) is 82.2 cm³/mol. The van der Waals surface area contributed by atoms with Crippen molar-refractivity contribution in [3.63, 3.8) is 0 Å². The second kappa shape index (κ2) is 7.09. The van der Waals surface area contributed by atoms with E-state index in [1.807, 2.05) is 37.4 Å². The molecule has 0 aromatic heterocycles. The van der Waals surface area contributed by atoms with Crippen LogP contribution in [0.15, 0.2) is 30.3 Å². The normalized spacial score (nSPS) is 25.4. The van der Waals surface area contributed by atoms with E-state index in [1.54, 1.807) is 0 Å². The smallest absolute Gasteiger partial charge is 0.119 e. The van der Waals surface area contributed by atoms with Crippen LogP contribution in [0, 0.1) is 5.41 Å². The molecule has 0 bridgehead atoms. The zero-order valence-corrected chi connectivity index (χ0v) is 12.9. The lowest BCUT2D eigenvalue weighted by atomic mass is 9.72. The van der Waals surface area contributed by atoms with Crippen molar-refractivity contribution in [3.8, 4) is 5.75 Å². The van der Waals surface area contributed by atoms with Gasteiger partial charge in [-0.25, -0.2) is 0 Å². The van der Waals surface area contributed by atoms with Crippen LogP contribution in [0.3, 0.4) is 0 Å². The van der Waals surface area contributed by atoms with E-state index in [-0.39, 0.29) is 0 Å². The summed E-state index contributed by atoms with van der Waals surface area (Å²) in [5.74, 6) is 0.908. The van der Waals surface area contributed by atoms with Crippen molar-refractivity contribution in [3.05, 3.63) is 30.3 Å². The number of benzene rings is 1. The Morgan fingerprint density at radius 3 is 2.65 bits per heavy atom. The molecule has 1 aromatic rings.